The van der Waals surface area contributed by atoms with Crippen molar-refractivity contribution < 1.29 is 20.4 Å². The summed E-state index contributed by atoms with van der Waals surface area (Å²) >= 11 is 0. The monoisotopic (exact) mass is 874 g/mol. The summed E-state index contributed by atoms with van der Waals surface area (Å²) in [5.41, 5.74) is 1.83. The zero-order valence-corrected chi connectivity index (χ0v) is 36.0. The van der Waals surface area contributed by atoms with Crippen molar-refractivity contribution in [1.29, 1.82) is 0 Å². The largest absolute Gasteiger partial charge is 2.00 e. The summed E-state index contributed by atoms with van der Waals surface area (Å²) in [6, 6.07) is 17.5. The van der Waals surface area contributed by atoms with Crippen molar-refractivity contribution >= 4 is 71.0 Å². The average molecular weight is 872 g/mol. The molecule has 0 aromatic heterocycles. The molecule has 0 aliphatic heterocycles. The van der Waals surface area contributed by atoms with Gasteiger partial charge in [-0.3, -0.25) is 0 Å². The molecule has 262 valence electrons. The number of hydrogen-bond acceptors (Lipinski definition) is 8. The van der Waals surface area contributed by atoms with E-state index in [4.69, 9.17) is 0 Å². The maximum atomic E-state index is 12.1. The smallest absolute Gasteiger partial charge is 0.857 e. The fourth-order valence-corrected chi connectivity index (χ4v) is 2.54. The first-order chi connectivity index (χ1) is 22.0. The summed E-state index contributed by atoms with van der Waals surface area (Å²) in [6.45, 7) is 26.0. The normalized spacial score (nSPS) is 12.3. The summed E-state index contributed by atoms with van der Waals surface area (Å²) in [5, 5.41) is 61.6. The van der Waals surface area contributed by atoms with Crippen molar-refractivity contribution in [2.24, 2.45) is 20.4 Å². The molecule has 2 aromatic carbocycles. The van der Waals surface area contributed by atoms with Gasteiger partial charge in [0, 0.05) is 23.2 Å². The van der Waals surface area contributed by atoms with Gasteiger partial charge in [0.1, 0.15) is 0 Å². The number of hydrogen-bond donors (Lipinski definition) is 0. The average Bonchev–Trinajstić information content (AvgIpc) is 3.10. The third-order valence-corrected chi connectivity index (χ3v) is 5.52. The molecule has 48 heavy (non-hydrogen) atoms. The van der Waals surface area contributed by atoms with Gasteiger partial charge < -0.3 is 20.4 Å². The van der Waals surface area contributed by atoms with E-state index in [0.717, 1.165) is 25.7 Å². The van der Waals surface area contributed by atoms with E-state index < -0.39 is 24.0 Å². The first-order valence-electron chi connectivity index (χ1n) is 16.2. The molecule has 0 saturated carbocycles. The second-order valence-corrected chi connectivity index (χ2v) is 10.1. The van der Waals surface area contributed by atoms with Gasteiger partial charge in [0.05, 0.1) is 0 Å². The van der Waals surface area contributed by atoms with E-state index in [-0.39, 0.29) is 60.7 Å². The number of unbranched alkanes of at least 4 members (excludes halogenated alkanes) is 4. The summed E-state index contributed by atoms with van der Waals surface area (Å²) in [4.78, 5) is 0. The van der Waals surface area contributed by atoms with E-state index in [0.29, 0.717) is 22.6 Å². The van der Waals surface area contributed by atoms with E-state index in [1.165, 1.54) is 25.7 Å². The summed E-state index contributed by atoms with van der Waals surface area (Å²) in [5.74, 6) is -2.40. The van der Waals surface area contributed by atoms with Crippen LogP contribution in [0, 0.1) is 27.7 Å². The molecule has 0 aliphatic rings. The number of nitrogens with zero attached hydrogens (tertiary/aromatic N) is 4. The SMILES string of the molecule is C/C(CC([O-])c1ccccc1)=N\N=C([O-])C([O-])=N/N=C(\C)CC([O-])c1ccccc1.[CH2]CCC.[CH2]CCC.[CH2]CCC.[CH2]CCC.[Sn+2].[Sn+2]. The molecule has 2 atom stereocenters. The summed E-state index contributed by atoms with van der Waals surface area (Å²) < 4.78 is 0. The van der Waals surface area contributed by atoms with Gasteiger partial charge in [-0.25, -0.2) is 0 Å². The Bertz CT molecular complexity index is 965. The minimum absolute atomic E-state index is 0. The number of rotatable bonds is 12. The van der Waals surface area contributed by atoms with Gasteiger partial charge in [0.2, 0.25) is 0 Å². The molecule has 8 nitrogen and oxygen atoms in total. The van der Waals surface area contributed by atoms with Crippen LogP contribution in [0.15, 0.2) is 81.1 Å². The van der Waals surface area contributed by atoms with E-state index in [9.17, 15) is 20.4 Å². The van der Waals surface area contributed by atoms with Gasteiger partial charge in [0.25, 0.3) is 0 Å². The molecule has 0 bridgehead atoms. The predicted octanol–water partition coefficient (Wildman–Crippen LogP) is 5.96. The molecule has 2 aromatic rings. The van der Waals surface area contributed by atoms with E-state index >= 15 is 0 Å². The van der Waals surface area contributed by atoms with Crippen LogP contribution in [-0.4, -0.2) is 71.0 Å². The van der Waals surface area contributed by atoms with Gasteiger partial charge in [0.15, 0.2) is 0 Å². The van der Waals surface area contributed by atoms with E-state index in [2.05, 4.69) is 75.8 Å². The fourth-order valence-electron chi connectivity index (χ4n) is 2.54. The van der Waals surface area contributed by atoms with Crippen LogP contribution in [0.25, 0.3) is 0 Å². The van der Waals surface area contributed by atoms with Crippen molar-refractivity contribution in [3.63, 3.8) is 0 Å². The van der Waals surface area contributed by atoms with Gasteiger partial charge in [-0.05, 0) is 26.7 Å². The second-order valence-electron chi connectivity index (χ2n) is 10.1. The Labute approximate surface area is 327 Å². The van der Waals surface area contributed by atoms with Crippen molar-refractivity contribution in [3.05, 3.63) is 99.5 Å². The van der Waals surface area contributed by atoms with Crippen LogP contribution in [0.5, 0.6) is 0 Å². The molecule has 0 spiro atoms. The second kappa shape index (κ2) is 41.4. The van der Waals surface area contributed by atoms with Gasteiger partial charge in [-0.2, -0.15) is 20.4 Å². The Morgan fingerprint density at radius 2 is 0.750 bits per heavy atom. The van der Waals surface area contributed by atoms with Crippen LogP contribution in [0.3, 0.4) is 0 Å². The maximum absolute atomic E-state index is 12.1. The van der Waals surface area contributed by atoms with Crippen molar-refractivity contribution in [3.8, 4) is 0 Å². The Morgan fingerprint density at radius 3 is 0.958 bits per heavy atom. The molecule has 0 amide bonds. The molecule has 8 radical (unpaired) electrons. The van der Waals surface area contributed by atoms with Crippen LogP contribution in [0.2, 0.25) is 0 Å². The molecule has 10 heteroatoms. The minimum atomic E-state index is -1.20. The van der Waals surface area contributed by atoms with Gasteiger partial charge in [-0.1, -0.05) is 191 Å². The molecule has 0 saturated heterocycles. The van der Waals surface area contributed by atoms with Crippen LogP contribution in [0.1, 0.15) is 129 Å². The predicted molar refractivity (Wildman–Crippen MR) is 201 cm³/mol. The topological polar surface area (TPSA) is 142 Å². The summed E-state index contributed by atoms with van der Waals surface area (Å²) in [7, 11) is 0. The molecular formula is C38H58N4O4Sn2. The molecule has 0 aliphatic carbocycles. The minimum Gasteiger partial charge on any atom is -0.857 e. The van der Waals surface area contributed by atoms with Crippen molar-refractivity contribution in [1.82, 2.24) is 0 Å². The molecule has 0 N–H and O–H groups in total. The maximum Gasteiger partial charge on any atom is 2.00 e. The Hall–Kier alpha value is -1.76. The quantitative estimate of drug-likeness (QED) is 0.112. The molecule has 2 unspecified atom stereocenters. The molecule has 0 heterocycles. The van der Waals surface area contributed by atoms with E-state index in [1.54, 1.807) is 62.4 Å². The molecule has 0 fully saturated rings. The number of benzene rings is 2. The van der Waals surface area contributed by atoms with Gasteiger partial charge >= 0.3 is 47.8 Å². The zero-order chi connectivity index (χ0) is 35.6. The van der Waals surface area contributed by atoms with Crippen molar-refractivity contribution in [2.75, 3.05) is 0 Å². The summed E-state index contributed by atoms with van der Waals surface area (Å²) in [6.07, 6.45) is 7.12. The van der Waals surface area contributed by atoms with Crippen LogP contribution in [-0.2, 0) is 0 Å². The van der Waals surface area contributed by atoms with E-state index in [1.807, 2.05) is 12.1 Å². The third kappa shape index (κ3) is 35.5. The Balaban J connectivity index is -0.000000286. The fraction of sp³-hybridized carbons (Fsp3) is 0.474. The Morgan fingerprint density at radius 1 is 0.521 bits per heavy atom. The zero-order valence-electron chi connectivity index (χ0n) is 30.2. The van der Waals surface area contributed by atoms with Crippen LogP contribution < -0.4 is 20.4 Å². The Kier molecular flexibility index (Phi) is 48.0. The van der Waals surface area contributed by atoms with Crippen LogP contribution >= 0.6 is 0 Å². The van der Waals surface area contributed by atoms with Crippen LogP contribution in [0.4, 0.5) is 0 Å². The molecular weight excluding hydrogens is 814 g/mol. The first kappa shape index (κ1) is 55.6. The van der Waals surface area contributed by atoms with Gasteiger partial charge in [-0.15, -0.1) is 0 Å². The first-order valence-corrected chi connectivity index (χ1v) is 16.2. The standard InChI is InChI=1S/C22H24N4O4.4C4H9.2Sn/c1-15(13-19(27)17-9-5-3-6-10-17)23-25-21(29)22(30)26-24-16(2)14-20(28)18-11-7-4-8-12-18;4*1-3-4-2;;/h3-12,19-20H,13-14H2,1-2H3,(H,25,29)(H,26,30);4*1,3-4H2,2H3;;/q-2;;;;;2*+2/p-2/b23-15+,24-16+;;;;;;. The molecule has 2 rings (SSSR count). The van der Waals surface area contributed by atoms with Crippen molar-refractivity contribution in [2.45, 2.75) is 118 Å². The third-order valence-electron chi connectivity index (χ3n) is 5.52.